The van der Waals surface area contributed by atoms with Crippen LogP contribution in [0.2, 0.25) is 15.1 Å². The quantitative estimate of drug-likeness (QED) is 0.776. The molecule has 0 aliphatic carbocycles. The molecule has 6 heteroatoms. The summed E-state index contributed by atoms with van der Waals surface area (Å²) in [6, 6.07) is 11.3. The van der Waals surface area contributed by atoms with Crippen LogP contribution in [-0.2, 0) is 0 Å². The van der Waals surface area contributed by atoms with Gasteiger partial charge in [-0.05, 0) is 30.3 Å². The normalized spacial score (nSPS) is 10.1. The van der Waals surface area contributed by atoms with Gasteiger partial charge in [-0.1, -0.05) is 46.9 Å². The lowest BCUT2D eigenvalue weighted by Crippen LogP contribution is -2.19. The molecule has 2 aromatic carbocycles. The minimum atomic E-state index is -0.447. The molecule has 0 aromatic heterocycles. The Balaban J connectivity index is 2.10. The van der Waals surface area contributed by atoms with Crippen molar-refractivity contribution in [3.05, 3.63) is 57.5 Å². The van der Waals surface area contributed by atoms with E-state index in [0.29, 0.717) is 26.4 Å². The van der Waals surface area contributed by atoms with Crippen LogP contribution in [0.5, 0.6) is 0 Å². The molecule has 98 valence electrons. The number of carbonyl (C=O) groups excluding carboxylic acids is 1. The van der Waals surface area contributed by atoms with Gasteiger partial charge in [0.2, 0.25) is 0 Å². The van der Waals surface area contributed by atoms with Gasteiger partial charge in [-0.2, -0.15) is 0 Å². The van der Waals surface area contributed by atoms with Crippen LogP contribution in [0.15, 0.2) is 42.5 Å². The van der Waals surface area contributed by atoms with Crippen molar-refractivity contribution < 1.29 is 4.79 Å². The number of halogens is 3. The molecule has 0 spiro atoms. The molecule has 2 amide bonds. The zero-order valence-electron chi connectivity index (χ0n) is 9.58. The monoisotopic (exact) mass is 314 g/mol. The van der Waals surface area contributed by atoms with Crippen LogP contribution in [0.1, 0.15) is 0 Å². The number of benzene rings is 2. The summed E-state index contributed by atoms with van der Waals surface area (Å²) in [4.78, 5) is 11.8. The summed E-state index contributed by atoms with van der Waals surface area (Å²) < 4.78 is 0. The molecule has 19 heavy (non-hydrogen) atoms. The predicted octanol–water partition coefficient (Wildman–Crippen LogP) is 5.29. The largest absolute Gasteiger partial charge is 0.323 e. The molecule has 0 aliphatic heterocycles. The lowest BCUT2D eigenvalue weighted by Gasteiger charge is -2.10. The van der Waals surface area contributed by atoms with Crippen LogP contribution in [-0.4, -0.2) is 6.03 Å². The van der Waals surface area contributed by atoms with E-state index in [2.05, 4.69) is 10.6 Å². The first-order valence-corrected chi connectivity index (χ1v) is 6.47. The molecule has 0 fully saturated rings. The van der Waals surface area contributed by atoms with Crippen LogP contribution >= 0.6 is 34.8 Å². The van der Waals surface area contributed by atoms with Crippen molar-refractivity contribution >= 4 is 52.2 Å². The van der Waals surface area contributed by atoms with Crippen molar-refractivity contribution in [2.45, 2.75) is 0 Å². The summed E-state index contributed by atoms with van der Waals surface area (Å²) in [5.74, 6) is 0. The van der Waals surface area contributed by atoms with Crippen molar-refractivity contribution in [2.24, 2.45) is 0 Å². The average Bonchev–Trinajstić information content (AvgIpc) is 2.34. The molecule has 0 bridgehead atoms. The molecule has 0 aliphatic rings. The number of amides is 2. The molecule has 0 atom stereocenters. The van der Waals surface area contributed by atoms with E-state index < -0.39 is 6.03 Å². The van der Waals surface area contributed by atoms with Crippen molar-refractivity contribution in [1.82, 2.24) is 0 Å². The van der Waals surface area contributed by atoms with E-state index in [0.717, 1.165) is 0 Å². The van der Waals surface area contributed by atoms with E-state index in [4.69, 9.17) is 34.8 Å². The Morgan fingerprint density at radius 2 is 1.53 bits per heavy atom. The Bertz CT molecular complexity index is 596. The van der Waals surface area contributed by atoms with Crippen LogP contribution in [0.25, 0.3) is 0 Å². The third-order valence-corrected chi connectivity index (χ3v) is 3.15. The highest BCUT2D eigenvalue weighted by molar-refractivity contribution is 6.39. The molecule has 2 N–H and O–H groups in total. The maximum atomic E-state index is 11.8. The highest BCUT2D eigenvalue weighted by Gasteiger charge is 2.09. The zero-order chi connectivity index (χ0) is 13.8. The fourth-order valence-electron chi connectivity index (χ4n) is 1.46. The minimum Gasteiger partial charge on any atom is -0.308 e. The van der Waals surface area contributed by atoms with Crippen LogP contribution < -0.4 is 10.6 Å². The third kappa shape index (κ3) is 3.77. The van der Waals surface area contributed by atoms with Gasteiger partial charge in [0.25, 0.3) is 0 Å². The molecule has 0 heterocycles. The van der Waals surface area contributed by atoms with E-state index in [1.54, 1.807) is 42.5 Å². The number of para-hydroxylation sites is 1. The Morgan fingerprint density at radius 3 is 2.16 bits per heavy atom. The van der Waals surface area contributed by atoms with Crippen LogP contribution in [0.3, 0.4) is 0 Å². The molecule has 0 saturated heterocycles. The molecule has 2 aromatic rings. The van der Waals surface area contributed by atoms with Gasteiger partial charge in [-0.15, -0.1) is 0 Å². The van der Waals surface area contributed by atoms with E-state index in [-0.39, 0.29) is 0 Å². The van der Waals surface area contributed by atoms with E-state index in [9.17, 15) is 4.79 Å². The highest BCUT2D eigenvalue weighted by Crippen LogP contribution is 2.29. The zero-order valence-corrected chi connectivity index (χ0v) is 11.9. The maximum Gasteiger partial charge on any atom is 0.323 e. The van der Waals surface area contributed by atoms with Gasteiger partial charge in [0, 0.05) is 10.7 Å². The fraction of sp³-hybridized carbons (Fsp3) is 0. The van der Waals surface area contributed by atoms with Gasteiger partial charge < -0.3 is 10.6 Å². The van der Waals surface area contributed by atoms with Gasteiger partial charge in [0.05, 0.1) is 15.7 Å². The van der Waals surface area contributed by atoms with E-state index in [1.807, 2.05) is 0 Å². The Kier molecular flexibility index (Phi) is 4.53. The number of carbonyl (C=O) groups is 1. The lowest BCUT2D eigenvalue weighted by atomic mass is 10.3. The van der Waals surface area contributed by atoms with Crippen LogP contribution in [0.4, 0.5) is 16.2 Å². The lowest BCUT2D eigenvalue weighted by molar-refractivity contribution is 0.262. The summed E-state index contributed by atoms with van der Waals surface area (Å²) >= 11 is 17.7. The second kappa shape index (κ2) is 6.15. The van der Waals surface area contributed by atoms with Crippen LogP contribution in [0, 0.1) is 0 Å². The summed E-state index contributed by atoms with van der Waals surface area (Å²) in [6.07, 6.45) is 0. The first-order chi connectivity index (χ1) is 9.06. The summed E-state index contributed by atoms with van der Waals surface area (Å²) in [6.45, 7) is 0. The number of hydrogen-bond acceptors (Lipinski definition) is 1. The molecule has 2 rings (SSSR count). The second-order valence-electron chi connectivity index (χ2n) is 3.69. The molecular weight excluding hydrogens is 307 g/mol. The van der Waals surface area contributed by atoms with Crippen molar-refractivity contribution in [1.29, 1.82) is 0 Å². The Morgan fingerprint density at radius 1 is 0.895 bits per heavy atom. The van der Waals surface area contributed by atoms with E-state index in [1.165, 1.54) is 0 Å². The summed E-state index contributed by atoms with van der Waals surface area (Å²) in [7, 11) is 0. The van der Waals surface area contributed by atoms with Gasteiger partial charge in [-0.25, -0.2) is 4.79 Å². The topological polar surface area (TPSA) is 41.1 Å². The highest BCUT2D eigenvalue weighted by atomic mass is 35.5. The molecule has 3 nitrogen and oxygen atoms in total. The first-order valence-electron chi connectivity index (χ1n) is 5.34. The summed E-state index contributed by atoms with van der Waals surface area (Å²) in [5.41, 5.74) is 0.943. The molecular formula is C13H9Cl3N2O. The van der Waals surface area contributed by atoms with Gasteiger partial charge in [0.15, 0.2) is 0 Å². The molecule has 0 saturated carbocycles. The number of anilines is 2. The number of nitrogens with one attached hydrogen (secondary N) is 2. The standard InChI is InChI=1S/C13H9Cl3N2O/c14-8-3-1-4-9(7-8)17-13(19)18-12-10(15)5-2-6-11(12)16/h1-7H,(H2,17,18,19). The van der Waals surface area contributed by atoms with Gasteiger partial charge in [0.1, 0.15) is 0 Å². The second-order valence-corrected chi connectivity index (χ2v) is 4.94. The fourth-order valence-corrected chi connectivity index (χ4v) is 2.14. The summed E-state index contributed by atoms with van der Waals surface area (Å²) in [5, 5.41) is 6.50. The minimum absolute atomic E-state index is 0.366. The Hall–Kier alpha value is -1.42. The average molecular weight is 316 g/mol. The smallest absolute Gasteiger partial charge is 0.308 e. The third-order valence-electron chi connectivity index (χ3n) is 2.28. The first kappa shape index (κ1) is 14.0. The van der Waals surface area contributed by atoms with Crippen molar-refractivity contribution in [3.8, 4) is 0 Å². The SMILES string of the molecule is O=C(Nc1cccc(Cl)c1)Nc1c(Cl)cccc1Cl. The molecule has 0 unspecified atom stereocenters. The van der Waals surface area contributed by atoms with Gasteiger partial charge >= 0.3 is 6.03 Å². The van der Waals surface area contributed by atoms with Gasteiger partial charge in [-0.3, -0.25) is 0 Å². The van der Waals surface area contributed by atoms with E-state index >= 15 is 0 Å². The number of rotatable bonds is 2. The maximum absolute atomic E-state index is 11.8. The number of urea groups is 1. The van der Waals surface area contributed by atoms with Crippen molar-refractivity contribution in [2.75, 3.05) is 10.6 Å². The Labute approximate surface area is 125 Å². The molecule has 0 radical (unpaired) electrons. The van der Waals surface area contributed by atoms with Crippen molar-refractivity contribution in [3.63, 3.8) is 0 Å². The number of hydrogen-bond donors (Lipinski definition) is 2. The predicted molar refractivity (Wildman–Crippen MR) is 80.6 cm³/mol.